The average molecular weight is 330 g/mol. The fourth-order valence-electron chi connectivity index (χ4n) is 1.84. The normalized spacial score (nSPS) is 10.9. The van der Waals surface area contributed by atoms with Crippen LogP contribution >= 0.6 is 0 Å². The maximum absolute atomic E-state index is 11.8. The van der Waals surface area contributed by atoms with E-state index in [-0.39, 0.29) is 18.3 Å². The molecule has 0 aliphatic heterocycles. The second-order valence-electron chi connectivity index (χ2n) is 5.61. The van der Waals surface area contributed by atoms with E-state index in [0.29, 0.717) is 5.56 Å². The fraction of sp³-hybridized carbons (Fsp3) is 0.250. The van der Waals surface area contributed by atoms with Crippen molar-refractivity contribution in [3.63, 3.8) is 0 Å². The molecule has 0 saturated heterocycles. The minimum Gasteiger partial charge on any atom is -0.479 e. The van der Waals surface area contributed by atoms with Crippen LogP contribution in [0.25, 0.3) is 0 Å². The van der Waals surface area contributed by atoms with E-state index < -0.39 is 17.4 Å². The van der Waals surface area contributed by atoms with E-state index in [1.807, 2.05) is 0 Å². The number of rotatable bonds is 6. The number of aromatic nitrogens is 2. The zero-order valence-corrected chi connectivity index (χ0v) is 13.3. The molecule has 3 N–H and O–H groups in total. The molecule has 0 atom stereocenters. The number of benzene rings is 1. The van der Waals surface area contributed by atoms with Crippen LogP contribution in [0.3, 0.4) is 0 Å². The first-order chi connectivity index (χ1) is 11.3. The van der Waals surface area contributed by atoms with Gasteiger partial charge in [-0.2, -0.15) is 5.10 Å². The van der Waals surface area contributed by atoms with Gasteiger partial charge in [0, 0.05) is 17.8 Å². The molecule has 2 amide bonds. The number of amides is 2. The number of aliphatic carboxylic acids is 1. The molecule has 0 radical (unpaired) electrons. The first-order valence-electron chi connectivity index (χ1n) is 7.23. The molecule has 126 valence electrons. The summed E-state index contributed by atoms with van der Waals surface area (Å²) in [6, 6.07) is 10.0. The first kappa shape index (κ1) is 17.2. The molecule has 24 heavy (non-hydrogen) atoms. The van der Waals surface area contributed by atoms with Crippen LogP contribution in [0.1, 0.15) is 24.2 Å². The van der Waals surface area contributed by atoms with E-state index >= 15 is 0 Å². The van der Waals surface area contributed by atoms with Crippen LogP contribution in [0, 0.1) is 0 Å². The maximum Gasteiger partial charge on any atom is 0.331 e. The summed E-state index contributed by atoms with van der Waals surface area (Å²) in [5, 5.41) is 18.2. The number of carboxylic acid groups (broad SMARTS) is 1. The van der Waals surface area contributed by atoms with Gasteiger partial charge < -0.3 is 15.7 Å². The molecule has 0 aliphatic carbocycles. The number of carbonyl (C=O) groups is 3. The van der Waals surface area contributed by atoms with E-state index in [0.717, 1.165) is 0 Å². The Kier molecular flexibility index (Phi) is 4.98. The Hall–Kier alpha value is -3.16. The quantitative estimate of drug-likeness (QED) is 0.733. The van der Waals surface area contributed by atoms with Gasteiger partial charge in [-0.25, -0.2) is 4.79 Å². The SMILES string of the molecule is CC(C)(C(=O)O)n1ccc(NC(=O)CNC(=O)c2ccccc2)n1. The molecule has 0 fully saturated rings. The second-order valence-corrected chi connectivity index (χ2v) is 5.61. The third kappa shape index (κ3) is 3.97. The number of carbonyl (C=O) groups excluding carboxylic acids is 2. The van der Waals surface area contributed by atoms with Crippen LogP contribution < -0.4 is 10.6 Å². The Morgan fingerprint density at radius 2 is 1.83 bits per heavy atom. The summed E-state index contributed by atoms with van der Waals surface area (Å²) in [5.41, 5.74) is -0.775. The minimum absolute atomic E-state index is 0.211. The summed E-state index contributed by atoms with van der Waals surface area (Å²) < 4.78 is 1.24. The molecule has 8 nitrogen and oxygen atoms in total. The molecular weight excluding hydrogens is 312 g/mol. The number of nitrogens with zero attached hydrogens (tertiary/aromatic N) is 2. The highest BCUT2D eigenvalue weighted by molar-refractivity contribution is 5.98. The highest BCUT2D eigenvalue weighted by Gasteiger charge is 2.30. The highest BCUT2D eigenvalue weighted by atomic mass is 16.4. The molecule has 1 aromatic carbocycles. The lowest BCUT2D eigenvalue weighted by Crippen LogP contribution is -2.36. The van der Waals surface area contributed by atoms with Gasteiger partial charge in [-0.05, 0) is 26.0 Å². The standard InChI is InChI=1S/C16H18N4O4/c1-16(2,15(23)24)20-9-8-12(19-20)18-13(21)10-17-14(22)11-6-4-3-5-7-11/h3-9H,10H2,1-2H3,(H,17,22)(H,23,24)(H,18,19,21). The van der Waals surface area contributed by atoms with Crippen molar-refractivity contribution in [1.82, 2.24) is 15.1 Å². The largest absolute Gasteiger partial charge is 0.479 e. The zero-order chi connectivity index (χ0) is 17.7. The molecule has 1 heterocycles. The molecule has 0 unspecified atom stereocenters. The van der Waals surface area contributed by atoms with E-state index in [2.05, 4.69) is 15.7 Å². The second kappa shape index (κ2) is 6.95. The van der Waals surface area contributed by atoms with Crippen molar-refractivity contribution < 1.29 is 19.5 Å². The van der Waals surface area contributed by atoms with Crippen LogP contribution in [0.15, 0.2) is 42.6 Å². The Balaban J connectivity index is 1.90. The summed E-state index contributed by atoms with van der Waals surface area (Å²) in [4.78, 5) is 34.9. The van der Waals surface area contributed by atoms with Crippen molar-refractivity contribution in [2.45, 2.75) is 19.4 Å². The maximum atomic E-state index is 11.8. The highest BCUT2D eigenvalue weighted by Crippen LogP contribution is 2.16. The van der Waals surface area contributed by atoms with Gasteiger partial charge in [0.15, 0.2) is 11.4 Å². The number of hydrogen-bond donors (Lipinski definition) is 3. The summed E-state index contributed by atoms with van der Waals surface area (Å²) >= 11 is 0. The summed E-state index contributed by atoms with van der Waals surface area (Å²) in [6.45, 7) is 2.77. The predicted molar refractivity (Wildman–Crippen MR) is 86.6 cm³/mol. The van der Waals surface area contributed by atoms with E-state index in [4.69, 9.17) is 5.11 Å². The smallest absolute Gasteiger partial charge is 0.331 e. The fourth-order valence-corrected chi connectivity index (χ4v) is 1.84. The topological polar surface area (TPSA) is 113 Å². The molecule has 2 rings (SSSR count). The van der Waals surface area contributed by atoms with Crippen LogP contribution in [-0.4, -0.2) is 39.2 Å². The third-order valence-electron chi connectivity index (χ3n) is 3.40. The van der Waals surface area contributed by atoms with Crippen molar-refractivity contribution in [2.75, 3.05) is 11.9 Å². The average Bonchev–Trinajstić information content (AvgIpc) is 3.02. The van der Waals surface area contributed by atoms with Crippen molar-refractivity contribution in [2.24, 2.45) is 0 Å². The van der Waals surface area contributed by atoms with Crippen molar-refractivity contribution in [3.05, 3.63) is 48.2 Å². The van der Waals surface area contributed by atoms with E-state index in [1.54, 1.807) is 30.3 Å². The third-order valence-corrected chi connectivity index (χ3v) is 3.40. The Morgan fingerprint density at radius 1 is 1.17 bits per heavy atom. The van der Waals surface area contributed by atoms with Crippen molar-refractivity contribution in [1.29, 1.82) is 0 Å². The van der Waals surface area contributed by atoms with Crippen molar-refractivity contribution in [3.8, 4) is 0 Å². The molecule has 0 bridgehead atoms. The molecule has 0 saturated carbocycles. The van der Waals surface area contributed by atoms with Gasteiger partial charge >= 0.3 is 5.97 Å². The Labute approximate surface area is 138 Å². The molecule has 2 aromatic rings. The predicted octanol–water partition coefficient (Wildman–Crippen LogP) is 1.07. The Bertz CT molecular complexity index is 752. The molecular formula is C16H18N4O4. The molecule has 1 aromatic heterocycles. The van der Waals surface area contributed by atoms with Gasteiger partial charge in [-0.1, -0.05) is 18.2 Å². The number of nitrogens with one attached hydrogen (secondary N) is 2. The number of anilines is 1. The summed E-state index contributed by atoms with van der Waals surface area (Å²) in [6.07, 6.45) is 1.46. The molecule has 0 spiro atoms. The lowest BCUT2D eigenvalue weighted by Gasteiger charge is -2.19. The summed E-state index contributed by atoms with van der Waals surface area (Å²) in [5.74, 6) is -1.65. The first-order valence-corrected chi connectivity index (χ1v) is 7.23. The van der Waals surface area contributed by atoms with Crippen LogP contribution in [-0.2, 0) is 15.1 Å². The number of carboxylic acids is 1. The van der Waals surface area contributed by atoms with Crippen LogP contribution in [0.4, 0.5) is 5.82 Å². The monoisotopic (exact) mass is 330 g/mol. The minimum atomic E-state index is -1.23. The zero-order valence-electron chi connectivity index (χ0n) is 13.3. The van der Waals surface area contributed by atoms with Crippen molar-refractivity contribution >= 4 is 23.6 Å². The van der Waals surface area contributed by atoms with Gasteiger partial charge in [-0.15, -0.1) is 0 Å². The lowest BCUT2D eigenvalue weighted by molar-refractivity contribution is -0.146. The van der Waals surface area contributed by atoms with Crippen LogP contribution in [0.2, 0.25) is 0 Å². The summed E-state index contributed by atoms with van der Waals surface area (Å²) in [7, 11) is 0. The number of hydrogen-bond acceptors (Lipinski definition) is 4. The van der Waals surface area contributed by atoms with E-state index in [9.17, 15) is 14.4 Å². The van der Waals surface area contributed by atoms with Crippen LogP contribution in [0.5, 0.6) is 0 Å². The molecule has 0 aliphatic rings. The Morgan fingerprint density at radius 3 is 2.46 bits per heavy atom. The van der Waals surface area contributed by atoms with E-state index in [1.165, 1.54) is 30.8 Å². The van der Waals surface area contributed by atoms with Gasteiger partial charge in [0.2, 0.25) is 5.91 Å². The molecule has 8 heteroatoms. The van der Waals surface area contributed by atoms with Gasteiger partial charge in [0.1, 0.15) is 0 Å². The van der Waals surface area contributed by atoms with Gasteiger partial charge in [0.05, 0.1) is 6.54 Å². The van der Waals surface area contributed by atoms with Gasteiger partial charge in [-0.3, -0.25) is 14.3 Å². The lowest BCUT2D eigenvalue weighted by atomic mass is 10.1. The van der Waals surface area contributed by atoms with Gasteiger partial charge in [0.25, 0.3) is 5.91 Å².